The number of carbonyl (C=O) groups is 1. The van der Waals surface area contributed by atoms with Gasteiger partial charge in [0.2, 0.25) is 0 Å². The van der Waals surface area contributed by atoms with Crippen LogP contribution in [0.2, 0.25) is 0 Å². The Kier molecular flexibility index (Phi) is 3.24. The van der Waals surface area contributed by atoms with Crippen molar-refractivity contribution >= 4 is 30.1 Å². The molecule has 1 aromatic rings. The number of nitrogens with one attached hydrogen (secondary N) is 1. The summed E-state index contributed by atoms with van der Waals surface area (Å²) in [6.07, 6.45) is 0. The van der Waals surface area contributed by atoms with Crippen LogP contribution in [0.1, 0.15) is 6.92 Å². The number of anilines is 1. The average molecular weight is 274 g/mol. The van der Waals surface area contributed by atoms with E-state index in [1.165, 1.54) is 6.92 Å². The van der Waals surface area contributed by atoms with Gasteiger partial charge < -0.3 is 0 Å². The fraction of sp³-hybridized carbons (Fsp3) is 0.125. The Bertz CT molecular complexity index is 439. The van der Waals surface area contributed by atoms with Crippen LogP contribution in [0.5, 0.6) is 5.75 Å². The molecule has 0 heterocycles. The van der Waals surface area contributed by atoms with Crippen LogP contribution >= 0.6 is 0 Å². The van der Waals surface area contributed by atoms with Crippen molar-refractivity contribution in [3.8, 4) is 5.75 Å². The number of phenolic OH excluding ortho intramolecular Hbond substituents is 1. The van der Waals surface area contributed by atoms with Gasteiger partial charge in [0.15, 0.2) is 0 Å². The van der Waals surface area contributed by atoms with Crippen molar-refractivity contribution < 1.29 is 21.8 Å². The van der Waals surface area contributed by atoms with Crippen molar-refractivity contribution in [1.82, 2.24) is 0 Å². The molecule has 0 saturated carbocycles. The van der Waals surface area contributed by atoms with E-state index in [-0.39, 0.29) is 15.8 Å². The summed E-state index contributed by atoms with van der Waals surface area (Å²) in [5.74, 6) is -0.798. The van der Waals surface area contributed by atoms with E-state index in [1.807, 2.05) is 0 Å². The number of benzene rings is 1. The maximum atomic E-state index is 11.0. The second-order valence-corrected chi connectivity index (χ2v) is 6.12. The summed E-state index contributed by atoms with van der Waals surface area (Å²) in [6, 6.07) is 4.43. The summed E-state index contributed by atoms with van der Waals surface area (Å²) in [5.41, 5.74) is -0.185. The molecule has 0 unspecified atom stereocenters. The van der Waals surface area contributed by atoms with E-state index in [2.05, 4.69) is 11.4 Å². The molecule has 1 radical (unpaired) electrons. The van der Waals surface area contributed by atoms with Gasteiger partial charge in [0.05, 0.1) is 0 Å². The molecule has 6 nitrogen and oxygen atoms in total. The number of hydrogen-bond donors (Lipinski definition) is 4. The third-order valence-electron chi connectivity index (χ3n) is 1.52. The van der Waals surface area contributed by atoms with Crippen molar-refractivity contribution in [1.29, 1.82) is 0 Å². The Morgan fingerprint density at radius 1 is 1.47 bits per heavy atom. The molecular formula is C8H9AsNO5. The Balaban J connectivity index is 3.27. The first kappa shape index (κ1) is 11.8. The van der Waals surface area contributed by atoms with Crippen LogP contribution in [-0.4, -0.2) is 33.4 Å². The van der Waals surface area contributed by atoms with Gasteiger partial charge >= 0.3 is 88.1 Å². The second kappa shape index (κ2) is 4.10. The standard InChI is InChI=1S/C8H9AsNO5/c1-5(11)10-8-4-6(12)2-3-7(8)9(13,14)15/h2-3,12H,1H3,(H,10,11)(H2,13,14,15). The van der Waals surface area contributed by atoms with Crippen LogP contribution in [0.4, 0.5) is 5.69 Å². The van der Waals surface area contributed by atoms with E-state index in [0.29, 0.717) is 0 Å². The number of amides is 1. The molecule has 0 fully saturated rings. The zero-order valence-corrected chi connectivity index (χ0v) is 9.64. The van der Waals surface area contributed by atoms with Gasteiger partial charge in [0.25, 0.3) is 0 Å². The first-order valence-corrected chi connectivity index (χ1v) is 7.28. The van der Waals surface area contributed by atoms with Gasteiger partial charge in [0, 0.05) is 0 Å². The molecule has 0 aliphatic heterocycles. The number of aromatic hydroxyl groups is 1. The SMILES string of the molecule is CC(=O)Nc1[c]c(O)ccc1[As](=O)(O)O. The molecule has 0 bridgehead atoms. The Morgan fingerprint density at radius 3 is 2.53 bits per heavy atom. The number of carbonyl (C=O) groups excluding carboxylic acids is 1. The van der Waals surface area contributed by atoms with Crippen LogP contribution in [0.15, 0.2) is 12.1 Å². The Morgan fingerprint density at radius 2 is 2.07 bits per heavy atom. The molecule has 7 heteroatoms. The van der Waals surface area contributed by atoms with E-state index in [9.17, 15) is 8.53 Å². The fourth-order valence-electron chi connectivity index (χ4n) is 0.989. The summed E-state index contributed by atoms with van der Waals surface area (Å²) >= 11 is -5.11. The average Bonchev–Trinajstić information content (AvgIpc) is 1.99. The van der Waals surface area contributed by atoms with E-state index in [1.54, 1.807) is 0 Å². The predicted octanol–water partition coefficient (Wildman–Crippen LogP) is -1.29. The molecule has 0 spiro atoms. The first-order chi connectivity index (χ1) is 6.80. The summed E-state index contributed by atoms with van der Waals surface area (Å²) in [6.45, 7) is 1.19. The summed E-state index contributed by atoms with van der Waals surface area (Å²) < 4.78 is 28.7. The molecule has 0 aromatic heterocycles. The molecule has 1 amide bonds. The molecule has 0 aliphatic rings. The van der Waals surface area contributed by atoms with Crippen LogP contribution in [-0.2, 0) is 8.53 Å². The van der Waals surface area contributed by atoms with E-state index in [4.69, 9.17) is 13.3 Å². The van der Waals surface area contributed by atoms with Crippen molar-refractivity contribution in [3.63, 3.8) is 0 Å². The zero-order valence-electron chi connectivity index (χ0n) is 7.76. The summed E-state index contributed by atoms with van der Waals surface area (Å²) in [5, 5.41) is 11.3. The zero-order chi connectivity index (χ0) is 11.6. The summed E-state index contributed by atoms with van der Waals surface area (Å²) in [7, 11) is 0. The molecule has 0 atom stereocenters. The van der Waals surface area contributed by atoms with Gasteiger partial charge in [-0.1, -0.05) is 0 Å². The minimum absolute atomic E-state index is 0.185. The van der Waals surface area contributed by atoms with Crippen LogP contribution in [0.3, 0.4) is 0 Å². The van der Waals surface area contributed by atoms with Crippen LogP contribution in [0.25, 0.3) is 0 Å². The van der Waals surface area contributed by atoms with Crippen molar-refractivity contribution in [2.24, 2.45) is 0 Å². The second-order valence-electron chi connectivity index (χ2n) is 2.83. The number of hydrogen-bond acceptors (Lipinski definition) is 3. The minimum atomic E-state index is -5.11. The molecular weight excluding hydrogens is 265 g/mol. The van der Waals surface area contributed by atoms with Gasteiger partial charge in [-0.2, -0.15) is 0 Å². The van der Waals surface area contributed by atoms with Crippen molar-refractivity contribution in [2.75, 3.05) is 5.32 Å². The molecule has 1 rings (SSSR count). The molecule has 4 N–H and O–H groups in total. The maximum absolute atomic E-state index is 11.0. The van der Waals surface area contributed by atoms with Crippen LogP contribution in [0, 0.1) is 6.07 Å². The van der Waals surface area contributed by atoms with E-state index < -0.39 is 20.1 Å². The third-order valence-corrected chi connectivity index (χ3v) is 3.62. The molecule has 1 aromatic carbocycles. The van der Waals surface area contributed by atoms with Crippen molar-refractivity contribution in [3.05, 3.63) is 18.2 Å². The fourth-order valence-corrected chi connectivity index (χ4v) is 2.40. The first-order valence-electron chi connectivity index (χ1n) is 3.89. The quantitative estimate of drug-likeness (QED) is 0.502. The number of rotatable bonds is 2. The van der Waals surface area contributed by atoms with Gasteiger partial charge in [-0.25, -0.2) is 0 Å². The number of phenols is 1. The third kappa shape index (κ3) is 3.12. The van der Waals surface area contributed by atoms with Gasteiger partial charge in [-0.15, -0.1) is 0 Å². The molecule has 0 aliphatic carbocycles. The molecule has 81 valence electrons. The molecule has 15 heavy (non-hydrogen) atoms. The van der Waals surface area contributed by atoms with Crippen LogP contribution < -0.4 is 9.67 Å². The van der Waals surface area contributed by atoms with E-state index >= 15 is 0 Å². The monoisotopic (exact) mass is 274 g/mol. The topological polar surface area (TPSA) is 107 Å². The summed E-state index contributed by atoms with van der Waals surface area (Å²) in [4.78, 5) is 10.7. The normalized spacial score (nSPS) is 11.1. The van der Waals surface area contributed by atoms with Gasteiger partial charge in [-0.05, 0) is 0 Å². The van der Waals surface area contributed by atoms with Crippen molar-refractivity contribution in [2.45, 2.75) is 6.92 Å². The predicted molar refractivity (Wildman–Crippen MR) is 51.8 cm³/mol. The molecule has 0 saturated heterocycles. The Labute approximate surface area is 88.6 Å². The van der Waals surface area contributed by atoms with E-state index in [0.717, 1.165) is 12.1 Å². The van der Waals surface area contributed by atoms with Gasteiger partial charge in [0.1, 0.15) is 0 Å². The Hall–Kier alpha value is -1.23. The van der Waals surface area contributed by atoms with Gasteiger partial charge in [-0.3, -0.25) is 0 Å².